The van der Waals surface area contributed by atoms with Crippen LogP contribution >= 0.6 is 0 Å². The maximum atomic E-state index is 11.2. The van der Waals surface area contributed by atoms with Gasteiger partial charge in [-0.05, 0) is 37.8 Å². The number of benzene rings is 1. The van der Waals surface area contributed by atoms with Crippen LogP contribution in [-0.2, 0) is 9.63 Å². The molecule has 0 aliphatic carbocycles. The molecule has 1 fully saturated rings. The van der Waals surface area contributed by atoms with Crippen molar-refractivity contribution >= 4 is 11.7 Å². The van der Waals surface area contributed by atoms with Crippen molar-refractivity contribution in [3.8, 4) is 0 Å². The van der Waals surface area contributed by atoms with Crippen molar-refractivity contribution < 1.29 is 14.7 Å². The van der Waals surface area contributed by atoms with Crippen LogP contribution in [0.25, 0.3) is 0 Å². The minimum atomic E-state index is -0.687. The molecule has 5 heteroatoms. The zero-order valence-corrected chi connectivity index (χ0v) is 16.6. The van der Waals surface area contributed by atoms with E-state index in [1.165, 1.54) is 25.7 Å². The average molecular weight is 375 g/mol. The fraction of sp³-hybridized carbons (Fsp3) is 0.636. The van der Waals surface area contributed by atoms with Crippen LogP contribution in [0, 0.1) is 5.92 Å². The van der Waals surface area contributed by atoms with Gasteiger partial charge in [0.15, 0.2) is 0 Å². The van der Waals surface area contributed by atoms with Crippen molar-refractivity contribution in [2.75, 3.05) is 26.2 Å². The molecule has 0 amide bonds. The molecule has 1 aliphatic heterocycles. The van der Waals surface area contributed by atoms with Crippen LogP contribution in [-0.4, -0.2) is 47.9 Å². The summed E-state index contributed by atoms with van der Waals surface area (Å²) in [4.78, 5) is 19.0. The largest absolute Gasteiger partial charge is 0.481 e. The number of aliphatic carboxylic acids is 1. The molecular weight excluding hydrogens is 340 g/mol. The summed E-state index contributed by atoms with van der Waals surface area (Å²) in [7, 11) is 0. The molecule has 1 saturated heterocycles. The molecule has 1 N–H and O–H groups in total. The number of rotatable bonds is 12. The van der Waals surface area contributed by atoms with Gasteiger partial charge in [0.1, 0.15) is 6.61 Å². The van der Waals surface area contributed by atoms with Crippen molar-refractivity contribution in [1.29, 1.82) is 0 Å². The molecule has 0 bridgehead atoms. The number of carboxylic acids is 1. The normalized spacial score (nSPS) is 18.4. The van der Waals surface area contributed by atoms with Crippen molar-refractivity contribution in [3.05, 3.63) is 35.9 Å². The quantitative estimate of drug-likeness (QED) is 0.331. The van der Waals surface area contributed by atoms with E-state index in [9.17, 15) is 9.90 Å². The molecule has 150 valence electrons. The highest BCUT2D eigenvalue weighted by Crippen LogP contribution is 2.16. The molecule has 2 rings (SSSR count). The van der Waals surface area contributed by atoms with Crippen molar-refractivity contribution in [3.63, 3.8) is 0 Å². The third kappa shape index (κ3) is 8.12. The van der Waals surface area contributed by atoms with Gasteiger partial charge in [0.25, 0.3) is 0 Å². The minimum Gasteiger partial charge on any atom is -0.481 e. The Labute approximate surface area is 163 Å². The van der Waals surface area contributed by atoms with Gasteiger partial charge >= 0.3 is 5.97 Å². The monoisotopic (exact) mass is 374 g/mol. The first-order valence-electron chi connectivity index (χ1n) is 10.4. The summed E-state index contributed by atoms with van der Waals surface area (Å²) in [6.07, 6.45) is 8.82. The number of hydrogen-bond acceptors (Lipinski definition) is 4. The molecule has 5 nitrogen and oxygen atoms in total. The Kier molecular flexibility index (Phi) is 9.91. The van der Waals surface area contributed by atoms with E-state index in [1.54, 1.807) is 0 Å². The lowest BCUT2D eigenvalue weighted by Gasteiger charge is -2.29. The van der Waals surface area contributed by atoms with Gasteiger partial charge in [-0.3, -0.25) is 9.69 Å². The van der Waals surface area contributed by atoms with Gasteiger partial charge < -0.3 is 9.94 Å². The second-order valence-corrected chi connectivity index (χ2v) is 7.38. The van der Waals surface area contributed by atoms with Crippen molar-refractivity contribution in [1.82, 2.24) is 4.90 Å². The Morgan fingerprint density at radius 2 is 2.00 bits per heavy atom. The first-order valence-corrected chi connectivity index (χ1v) is 10.4. The molecule has 1 aromatic carbocycles. The highest BCUT2D eigenvalue weighted by Gasteiger charge is 2.24. The molecule has 1 atom stereocenters. The van der Waals surface area contributed by atoms with E-state index in [4.69, 9.17) is 4.84 Å². The smallest absolute Gasteiger partial charge is 0.307 e. The molecule has 0 saturated carbocycles. The number of oxime groups is 1. The van der Waals surface area contributed by atoms with E-state index in [1.807, 2.05) is 18.2 Å². The molecular formula is C22H34N2O3. The van der Waals surface area contributed by atoms with Crippen LogP contribution in [0.15, 0.2) is 35.5 Å². The van der Waals surface area contributed by atoms with E-state index in [0.29, 0.717) is 13.2 Å². The Bertz CT molecular complexity index is 574. The fourth-order valence-electron chi connectivity index (χ4n) is 3.52. The zero-order chi connectivity index (χ0) is 19.3. The molecule has 1 aliphatic rings. The van der Waals surface area contributed by atoms with Crippen LogP contribution in [0.3, 0.4) is 0 Å². The van der Waals surface area contributed by atoms with Crippen LogP contribution < -0.4 is 0 Å². The summed E-state index contributed by atoms with van der Waals surface area (Å²) in [5.41, 5.74) is 2.13. The second kappa shape index (κ2) is 12.5. The van der Waals surface area contributed by atoms with Gasteiger partial charge in [0.05, 0.1) is 11.6 Å². The maximum Gasteiger partial charge on any atom is 0.307 e. The third-order valence-corrected chi connectivity index (χ3v) is 5.15. The highest BCUT2D eigenvalue weighted by molar-refractivity contribution is 6.00. The number of carbonyl (C=O) groups is 1. The Morgan fingerprint density at radius 3 is 2.74 bits per heavy atom. The van der Waals surface area contributed by atoms with E-state index < -0.39 is 5.97 Å². The van der Waals surface area contributed by atoms with Gasteiger partial charge in [-0.1, -0.05) is 68.1 Å². The van der Waals surface area contributed by atoms with Crippen molar-refractivity contribution in [2.24, 2.45) is 11.1 Å². The van der Waals surface area contributed by atoms with E-state index >= 15 is 0 Å². The molecule has 0 spiro atoms. The molecule has 0 aromatic heterocycles. The summed E-state index contributed by atoms with van der Waals surface area (Å²) >= 11 is 0. The minimum absolute atomic E-state index is 0.245. The van der Waals surface area contributed by atoms with Gasteiger partial charge in [-0.25, -0.2) is 0 Å². The molecule has 1 aromatic rings. The number of likely N-dealkylation sites (tertiary alicyclic amines) is 1. The summed E-state index contributed by atoms with van der Waals surface area (Å²) in [6, 6.07) is 10.2. The number of nitrogens with zero attached hydrogens (tertiary/aromatic N) is 2. The number of piperidine rings is 1. The molecule has 0 unspecified atom stereocenters. The summed E-state index contributed by atoms with van der Waals surface area (Å²) < 4.78 is 0. The lowest BCUT2D eigenvalue weighted by molar-refractivity contribution is -0.143. The van der Waals surface area contributed by atoms with E-state index in [-0.39, 0.29) is 5.92 Å². The summed E-state index contributed by atoms with van der Waals surface area (Å²) in [6.45, 7) is 5.02. The summed E-state index contributed by atoms with van der Waals surface area (Å²) in [5.74, 6) is -0.932. The Morgan fingerprint density at radius 1 is 1.22 bits per heavy atom. The SMILES string of the molecule is CCCCCCC/C(=N/OCCN1CCC[C@@H](C(=O)O)C1)c1ccccc1. The third-order valence-electron chi connectivity index (χ3n) is 5.15. The standard InChI is InChI=1S/C22H34N2O3/c1-2-3-4-5-9-14-21(19-11-7-6-8-12-19)23-27-17-16-24-15-10-13-20(18-24)22(25)26/h6-8,11-12,20H,2-5,9-10,13-18H2,1H3,(H,25,26)/b23-21-/t20-/m1/s1. The topological polar surface area (TPSA) is 62.1 Å². The lowest BCUT2D eigenvalue weighted by atomic mass is 9.98. The average Bonchev–Trinajstić information content (AvgIpc) is 2.70. The van der Waals surface area contributed by atoms with Crippen LogP contribution in [0.5, 0.6) is 0 Å². The van der Waals surface area contributed by atoms with Crippen LogP contribution in [0.2, 0.25) is 0 Å². The Hall–Kier alpha value is -1.88. The lowest BCUT2D eigenvalue weighted by Crippen LogP contribution is -2.40. The van der Waals surface area contributed by atoms with E-state index in [0.717, 1.165) is 50.0 Å². The van der Waals surface area contributed by atoms with Crippen LogP contribution in [0.4, 0.5) is 0 Å². The van der Waals surface area contributed by atoms with Crippen LogP contribution in [0.1, 0.15) is 63.9 Å². The molecule has 27 heavy (non-hydrogen) atoms. The van der Waals surface area contributed by atoms with Crippen molar-refractivity contribution in [2.45, 2.75) is 58.3 Å². The van der Waals surface area contributed by atoms with Gasteiger partial charge in [-0.15, -0.1) is 0 Å². The number of carboxylic acid groups (broad SMARTS) is 1. The van der Waals surface area contributed by atoms with Gasteiger partial charge in [-0.2, -0.15) is 0 Å². The number of unbranched alkanes of at least 4 members (excludes halogenated alkanes) is 4. The number of hydrogen-bond donors (Lipinski definition) is 1. The summed E-state index contributed by atoms with van der Waals surface area (Å²) in [5, 5.41) is 13.6. The molecule has 0 radical (unpaired) electrons. The van der Waals surface area contributed by atoms with Gasteiger partial charge in [0.2, 0.25) is 0 Å². The first kappa shape index (κ1) is 21.4. The van der Waals surface area contributed by atoms with Gasteiger partial charge in [0, 0.05) is 13.1 Å². The first-order chi connectivity index (χ1) is 13.2. The highest BCUT2D eigenvalue weighted by atomic mass is 16.6. The predicted molar refractivity (Wildman–Crippen MR) is 109 cm³/mol. The zero-order valence-electron chi connectivity index (χ0n) is 16.6. The Balaban J connectivity index is 1.80. The predicted octanol–water partition coefficient (Wildman–Crippen LogP) is 4.56. The second-order valence-electron chi connectivity index (χ2n) is 7.38. The maximum absolute atomic E-state index is 11.2. The fourth-order valence-corrected chi connectivity index (χ4v) is 3.52. The van der Waals surface area contributed by atoms with E-state index in [2.05, 4.69) is 29.1 Å². The molecule has 1 heterocycles.